The number of hydrogen-bond donors (Lipinski definition) is 1. The molecule has 1 N–H and O–H groups in total. The summed E-state index contributed by atoms with van der Waals surface area (Å²) in [7, 11) is 3.71. The number of aromatic hydroxyl groups is 1. The van der Waals surface area contributed by atoms with Crippen LogP contribution in [0.2, 0.25) is 0 Å². The lowest BCUT2D eigenvalue weighted by atomic mass is 10.1. The first-order valence-electron chi connectivity index (χ1n) is 5.24. The molecule has 0 aliphatic carbocycles. The second-order valence-corrected chi connectivity index (χ2v) is 4.77. The van der Waals surface area contributed by atoms with E-state index >= 15 is 0 Å². The minimum atomic E-state index is 0.160. The predicted octanol–water partition coefficient (Wildman–Crippen LogP) is 2.79. The zero-order valence-electron chi connectivity index (χ0n) is 9.90. The fraction of sp³-hybridized carbons (Fsp3) is 0.500. The highest BCUT2D eigenvalue weighted by Gasteiger charge is 2.15. The highest BCUT2D eigenvalue weighted by atomic mass is 79.9. The second-order valence-electron chi connectivity index (χ2n) is 3.85. The Morgan fingerprint density at radius 3 is 2.81 bits per heavy atom. The van der Waals surface area contributed by atoms with Crippen LogP contribution < -0.4 is 0 Å². The molecule has 0 saturated carbocycles. The van der Waals surface area contributed by atoms with Crippen molar-refractivity contribution in [2.24, 2.45) is 0 Å². The van der Waals surface area contributed by atoms with Gasteiger partial charge in [0.1, 0.15) is 5.75 Å². The molecular formula is C12H18BrNO2. The molecular weight excluding hydrogens is 270 g/mol. The Bertz CT molecular complexity index is 344. The van der Waals surface area contributed by atoms with E-state index in [1.54, 1.807) is 13.2 Å². The van der Waals surface area contributed by atoms with Crippen LogP contribution in [-0.4, -0.2) is 37.3 Å². The number of methoxy groups -OCH3 is 1. The molecule has 0 heterocycles. The van der Waals surface area contributed by atoms with Crippen LogP contribution in [0, 0.1) is 0 Å². The third-order valence-electron chi connectivity index (χ3n) is 2.75. The van der Waals surface area contributed by atoms with Crippen LogP contribution in [0.4, 0.5) is 0 Å². The molecule has 3 nitrogen and oxygen atoms in total. The topological polar surface area (TPSA) is 32.7 Å². The van der Waals surface area contributed by atoms with Crippen LogP contribution in [0.25, 0.3) is 0 Å². The maximum atomic E-state index is 9.80. The van der Waals surface area contributed by atoms with E-state index in [0.717, 1.165) is 16.6 Å². The Hall–Kier alpha value is -0.580. The molecule has 0 aliphatic rings. The zero-order chi connectivity index (χ0) is 12.1. The molecule has 90 valence electrons. The molecule has 0 fully saturated rings. The first-order chi connectivity index (χ1) is 7.56. The number of benzene rings is 1. The van der Waals surface area contributed by atoms with Gasteiger partial charge in [-0.15, -0.1) is 0 Å². The van der Waals surface area contributed by atoms with Gasteiger partial charge in [0.15, 0.2) is 0 Å². The summed E-state index contributed by atoms with van der Waals surface area (Å²) in [6.07, 6.45) is 0. The molecule has 0 aromatic heterocycles. The highest BCUT2D eigenvalue weighted by Crippen LogP contribution is 2.30. The van der Waals surface area contributed by atoms with Crippen molar-refractivity contribution in [1.82, 2.24) is 4.90 Å². The summed E-state index contributed by atoms with van der Waals surface area (Å²) >= 11 is 3.41. The molecule has 0 saturated heterocycles. The van der Waals surface area contributed by atoms with E-state index in [4.69, 9.17) is 4.74 Å². The van der Waals surface area contributed by atoms with Gasteiger partial charge in [-0.05, 0) is 32.2 Å². The number of hydrogen-bond acceptors (Lipinski definition) is 3. The fourth-order valence-corrected chi connectivity index (χ4v) is 1.91. The fourth-order valence-electron chi connectivity index (χ4n) is 1.53. The van der Waals surface area contributed by atoms with Gasteiger partial charge >= 0.3 is 0 Å². The predicted molar refractivity (Wildman–Crippen MR) is 68.7 cm³/mol. The number of likely N-dealkylation sites (N-methyl/N-ethyl adjacent to an activating group) is 1. The van der Waals surface area contributed by atoms with Gasteiger partial charge in [0.25, 0.3) is 0 Å². The molecule has 0 spiro atoms. The lowest BCUT2D eigenvalue weighted by Crippen LogP contribution is -2.26. The van der Waals surface area contributed by atoms with Crippen LogP contribution in [0.3, 0.4) is 0 Å². The zero-order valence-corrected chi connectivity index (χ0v) is 11.5. The van der Waals surface area contributed by atoms with Crippen molar-refractivity contribution in [3.63, 3.8) is 0 Å². The van der Waals surface area contributed by atoms with E-state index in [9.17, 15) is 5.11 Å². The average Bonchev–Trinajstić information content (AvgIpc) is 2.28. The molecule has 1 atom stereocenters. The van der Waals surface area contributed by atoms with Gasteiger partial charge in [-0.1, -0.05) is 15.9 Å². The summed E-state index contributed by atoms with van der Waals surface area (Å²) in [6.45, 7) is 3.59. The third kappa shape index (κ3) is 3.47. The Labute approximate surface area is 105 Å². The Morgan fingerprint density at radius 1 is 1.50 bits per heavy atom. The number of nitrogens with zero attached hydrogens (tertiary/aromatic N) is 1. The summed E-state index contributed by atoms with van der Waals surface area (Å²) in [4.78, 5) is 2.14. The number of ether oxygens (including phenoxy) is 1. The SMILES string of the molecule is COCCN(C)C(C)c1cc(Br)ccc1O. The van der Waals surface area contributed by atoms with Gasteiger partial charge in [-0.2, -0.15) is 0 Å². The lowest BCUT2D eigenvalue weighted by Gasteiger charge is -2.25. The van der Waals surface area contributed by atoms with Gasteiger partial charge in [-0.3, -0.25) is 4.90 Å². The summed E-state index contributed by atoms with van der Waals surface area (Å²) in [6, 6.07) is 5.65. The summed E-state index contributed by atoms with van der Waals surface area (Å²) < 4.78 is 6.02. The molecule has 1 unspecified atom stereocenters. The van der Waals surface area contributed by atoms with Gasteiger partial charge < -0.3 is 9.84 Å². The summed E-state index contributed by atoms with van der Waals surface area (Å²) in [5.74, 6) is 0.333. The van der Waals surface area contributed by atoms with Crippen LogP contribution in [0.1, 0.15) is 18.5 Å². The van der Waals surface area contributed by atoms with E-state index in [-0.39, 0.29) is 6.04 Å². The van der Waals surface area contributed by atoms with Crippen molar-refractivity contribution in [3.8, 4) is 5.75 Å². The summed E-state index contributed by atoms with van der Waals surface area (Å²) in [5.41, 5.74) is 0.924. The quantitative estimate of drug-likeness (QED) is 0.904. The van der Waals surface area contributed by atoms with Crippen molar-refractivity contribution >= 4 is 15.9 Å². The van der Waals surface area contributed by atoms with Crippen molar-refractivity contribution in [2.45, 2.75) is 13.0 Å². The van der Waals surface area contributed by atoms with Crippen LogP contribution in [0.5, 0.6) is 5.75 Å². The van der Waals surface area contributed by atoms with Gasteiger partial charge in [0.2, 0.25) is 0 Å². The monoisotopic (exact) mass is 287 g/mol. The molecule has 0 bridgehead atoms. The van der Waals surface area contributed by atoms with Crippen LogP contribution in [0.15, 0.2) is 22.7 Å². The molecule has 1 aromatic rings. The molecule has 0 amide bonds. The number of rotatable bonds is 5. The Kier molecular flexibility index (Phi) is 5.25. The minimum Gasteiger partial charge on any atom is -0.508 e. The second kappa shape index (κ2) is 6.23. The molecule has 1 aromatic carbocycles. The van der Waals surface area contributed by atoms with E-state index in [1.807, 2.05) is 19.2 Å². The lowest BCUT2D eigenvalue weighted by molar-refractivity contribution is 0.142. The number of phenolic OH excluding ortho intramolecular Hbond substituents is 1. The number of halogens is 1. The first kappa shape index (κ1) is 13.5. The van der Waals surface area contributed by atoms with Crippen molar-refractivity contribution < 1.29 is 9.84 Å². The normalized spacial score (nSPS) is 13.1. The van der Waals surface area contributed by atoms with Gasteiger partial charge in [-0.25, -0.2) is 0 Å². The third-order valence-corrected chi connectivity index (χ3v) is 3.24. The first-order valence-corrected chi connectivity index (χ1v) is 6.03. The van der Waals surface area contributed by atoms with E-state index in [2.05, 4.69) is 27.8 Å². The molecule has 0 aliphatic heterocycles. The Morgan fingerprint density at radius 2 is 2.19 bits per heavy atom. The van der Waals surface area contributed by atoms with Crippen molar-refractivity contribution in [1.29, 1.82) is 0 Å². The van der Waals surface area contributed by atoms with Gasteiger partial charge in [0.05, 0.1) is 6.61 Å². The number of phenols is 1. The van der Waals surface area contributed by atoms with E-state index in [1.165, 1.54) is 0 Å². The minimum absolute atomic E-state index is 0.160. The van der Waals surface area contributed by atoms with Gasteiger partial charge in [0, 0.05) is 29.7 Å². The van der Waals surface area contributed by atoms with Crippen molar-refractivity contribution in [3.05, 3.63) is 28.2 Å². The largest absolute Gasteiger partial charge is 0.508 e. The van der Waals surface area contributed by atoms with E-state index in [0.29, 0.717) is 12.4 Å². The van der Waals surface area contributed by atoms with Crippen LogP contribution >= 0.6 is 15.9 Å². The average molecular weight is 288 g/mol. The molecule has 0 radical (unpaired) electrons. The smallest absolute Gasteiger partial charge is 0.120 e. The maximum absolute atomic E-state index is 9.80. The molecule has 4 heteroatoms. The Balaban J connectivity index is 2.78. The maximum Gasteiger partial charge on any atom is 0.120 e. The van der Waals surface area contributed by atoms with E-state index < -0.39 is 0 Å². The van der Waals surface area contributed by atoms with Crippen LogP contribution in [-0.2, 0) is 4.74 Å². The summed E-state index contributed by atoms with van der Waals surface area (Å²) in [5, 5.41) is 9.80. The molecule has 16 heavy (non-hydrogen) atoms. The standard InChI is InChI=1S/C12H18BrNO2/c1-9(14(2)6-7-16-3)11-8-10(13)4-5-12(11)15/h4-5,8-9,15H,6-7H2,1-3H3. The molecule has 1 rings (SSSR count). The highest BCUT2D eigenvalue weighted by molar-refractivity contribution is 9.10. The van der Waals surface area contributed by atoms with Crippen molar-refractivity contribution in [2.75, 3.05) is 27.3 Å².